The lowest BCUT2D eigenvalue weighted by atomic mass is 10.1. The molecule has 0 atom stereocenters. The molecule has 84 valence electrons. The number of ether oxygens (including phenoxy) is 1. The predicted octanol–water partition coefficient (Wildman–Crippen LogP) is 3.55. The molecule has 0 bridgehead atoms. The van der Waals surface area contributed by atoms with Gasteiger partial charge in [-0.25, -0.2) is 4.79 Å². The number of rotatable bonds is 3. The zero-order chi connectivity index (χ0) is 11.5. The largest absolute Gasteiger partial charge is 0.465 e. The average molecular weight is 237 g/mol. The predicted molar refractivity (Wildman–Crippen MR) is 64.5 cm³/mol. The van der Waals surface area contributed by atoms with Gasteiger partial charge in [-0.15, -0.1) is 0 Å². The van der Waals surface area contributed by atoms with Crippen molar-refractivity contribution in [3.8, 4) is 0 Å². The molecular weight excluding hydrogens is 224 g/mol. The van der Waals surface area contributed by atoms with E-state index in [4.69, 9.17) is 11.6 Å². The van der Waals surface area contributed by atoms with Crippen LogP contribution in [0.4, 0.5) is 0 Å². The molecule has 0 aliphatic heterocycles. The Morgan fingerprint density at radius 2 is 2.25 bits per heavy atom. The number of halogens is 1. The lowest BCUT2D eigenvalue weighted by Crippen LogP contribution is -2.02. The molecule has 0 radical (unpaired) electrons. The summed E-state index contributed by atoms with van der Waals surface area (Å²) in [6, 6.07) is 5.38. The zero-order valence-electron chi connectivity index (χ0n) is 9.07. The summed E-state index contributed by atoms with van der Waals surface area (Å²) in [5.74, 6) is 0.296. The smallest absolute Gasteiger partial charge is 0.339 e. The standard InChI is InChI=1S/C13H13ClO2/c1-16-13(15)11-4-2-3-10(12(11)14)8-7-9-5-6-9/h2-4,7-9H,5-6H2,1H3/b8-7+. The third kappa shape index (κ3) is 2.45. The van der Waals surface area contributed by atoms with E-state index >= 15 is 0 Å². The Bertz CT molecular complexity index is 434. The minimum atomic E-state index is -0.397. The van der Waals surface area contributed by atoms with Gasteiger partial charge in [0.25, 0.3) is 0 Å². The molecule has 1 aliphatic carbocycles. The molecule has 1 aromatic carbocycles. The summed E-state index contributed by atoms with van der Waals surface area (Å²) in [6.07, 6.45) is 6.63. The number of benzene rings is 1. The number of hydrogen-bond acceptors (Lipinski definition) is 2. The summed E-state index contributed by atoms with van der Waals surface area (Å²) in [5, 5.41) is 0.464. The first-order valence-electron chi connectivity index (χ1n) is 5.27. The first-order valence-corrected chi connectivity index (χ1v) is 5.65. The van der Waals surface area contributed by atoms with Crippen molar-refractivity contribution >= 4 is 23.6 Å². The van der Waals surface area contributed by atoms with Gasteiger partial charge in [0.2, 0.25) is 0 Å². The molecule has 1 saturated carbocycles. The SMILES string of the molecule is COC(=O)c1cccc(/C=C/C2CC2)c1Cl. The fourth-order valence-corrected chi connectivity index (χ4v) is 1.74. The minimum Gasteiger partial charge on any atom is -0.465 e. The third-order valence-corrected chi connectivity index (χ3v) is 3.03. The molecule has 2 rings (SSSR count). The molecule has 2 nitrogen and oxygen atoms in total. The number of methoxy groups -OCH3 is 1. The van der Waals surface area contributed by atoms with Crippen LogP contribution < -0.4 is 0 Å². The number of hydrogen-bond donors (Lipinski definition) is 0. The molecule has 3 heteroatoms. The van der Waals surface area contributed by atoms with Gasteiger partial charge in [0.15, 0.2) is 0 Å². The van der Waals surface area contributed by atoms with Gasteiger partial charge in [-0.3, -0.25) is 0 Å². The summed E-state index contributed by atoms with van der Waals surface area (Å²) in [7, 11) is 1.35. The summed E-state index contributed by atoms with van der Waals surface area (Å²) >= 11 is 6.13. The van der Waals surface area contributed by atoms with Gasteiger partial charge in [-0.05, 0) is 30.4 Å². The van der Waals surface area contributed by atoms with E-state index in [9.17, 15) is 4.79 Å². The fraction of sp³-hybridized carbons (Fsp3) is 0.308. The maximum absolute atomic E-state index is 11.4. The molecule has 0 N–H and O–H groups in total. The summed E-state index contributed by atoms with van der Waals surface area (Å²) in [6.45, 7) is 0. The highest BCUT2D eigenvalue weighted by molar-refractivity contribution is 6.35. The maximum atomic E-state index is 11.4. The van der Waals surface area contributed by atoms with Gasteiger partial charge >= 0.3 is 5.97 Å². The molecule has 1 fully saturated rings. The molecule has 0 amide bonds. The van der Waals surface area contributed by atoms with E-state index in [1.54, 1.807) is 6.07 Å². The van der Waals surface area contributed by atoms with E-state index in [-0.39, 0.29) is 0 Å². The van der Waals surface area contributed by atoms with Crippen molar-refractivity contribution in [2.75, 3.05) is 7.11 Å². The van der Waals surface area contributed by atoms with E-state index in [0.29, 0.717) is 16.5 Å². The average Bonchev–Trinajstić information content (AvgIpc) is 3.10. The quantitative estimate of drug-likeness (QED) is 0.751. The summed E-state index contributed by atoms with van der Waals surface area (Å²) in [5.41, 5.74) is 1.29. The Hall–Kier alpha value is -1.28. The van der Waals surface area contributed by atoms with Crippen LogP contribution >= 0.6 is 11.6 Å². The lowest BCUT2D eigenvalue weighted by molar-refractivity contribution is 0.0601. The van der Waals surface area contributed by atoms with Crippen molar-refractivity contribution in [1.29, 1.82) is 0 Å². The van der Waals surface area contributed by atoms with Crippen LogP contribution in [0.15, 0.2) is 24.3 Å². The molecule has 16 heavy (non-hydrogen) atoms. The Kier molecular flexibility index (Phi) is 3.30. The van der Waals surface area contributed by atoms with Crippen LogP contribution in [0.5, 0.6) is 0 Å². The van der Waals surface area contributed by atoms with Gasteiger partial charge in [-0.1, -0.05) is 35.9 Å². The van der Waals surface area contributed by atoms with Crippen molar-refractivity contribution in [2.24, 2.45) is 5.92 Å². The van der Waals surface area contributed by atoms with Gasteiger partial charge in [0, 0.05) is 0 Å². The van der Waals surface area contributed by atoms with Crippen LogP contribution in [0, 0.1) is 5.92 Å². The van der Waals surface area contributed by atoms with Gasteiger partial charge in [-0.2, -0.15) is 0 Å². The van der Waals surface area contributed by atoms with E-state index in [1.807, 2.05) is 18.2 Å². The Morgan fingerprint density at radius 1 is 1.50 bits per heavy atom. The van der Waals surface area contributed by atoms with Crippen LogP contribution in [0.1, 0.15) is 28.8 Å². The molecule has 0 heterocycles. The molecule has 0 unspecified atom stereocenters. The van der Waals surface area contributed by atoms with Crippen molar-refractivity contribution in [3.63, 3.8) is 0 Å². The van der Waals surface area contributed by atoms with Crippen LogP contribution in [0.3, 0.4) is 0 Å². The first-order chi connectivity index (χ1) is 7.72. The van der Waals surface area contributed by atoms with Gasteiger partial charge in [0.05, 0.1) is 17.7 Å². The number of allylic oxidation sites excluding steroid dienone is 1. The van der Waals surface area contributed by atoms with E-state index in [0.717, 1.165) is 5.56 Å². The van der Waals surface area contributed by atoms with Gasteiger partial charge < -0.3 is 4.74 Å². The van der Waals surface area contributed by atoms with E-state index in [1.165, 1.54) is 20.0 Å². The highest BCUT2D eigenvalue weighted by Crippen LogP contribution is 2.32. The highest BCUT2D eigenvalue weighted by atomic mass is 35.5. The van der Waals surface area contributed by atoms with Crippen molar-refractivity contribution < 1.29 is 9.53 Å². The Labute approximate surface area is 99.9 Å². The first kappa shape index (κ1) is 11.2. The van der Waals surface area contributed by atoms with Crippen LogP contribution in [-0.4, -0.2) is 13.1 Å². The molecule has 1 aliphatic rings. The van der Waals surface area contributed by atoms with Crippen molar-refractivity contribution in [2.45, 2.75) is 12.8 Å². The second-order valence-electron chi connectivity index (χ2n) is 3.90. The molecule has 0 saturated heterocycles. The summed E-state index contributed by atoms with van der Waals surface area (Å²) < 4.78 is 4.66. The van der Waals surface area contributed by atoms with Crippen molar-refractivity contribution in [1.82, 2.24) is 0 Å². The topological polar surface area (TPSA) is 26.3 Å². The minimum absolute atomic E-state index is 0.397. The number of esters is 1. The lowest BCUT2D eigenvalue weighted by Gasteiger charge is -2.04. The molecule has 0 spiro atoms. The Morgan fingerprint density at radius 3 is 2.88 bits per heavy atom. The fourth-order valence-electron chi connectivity index (χ4n) is 1.47. The Balaban J connectivity index is 2.27. The third-order valence-electron chi connectivity index (χ3n) is 2.60. The van der Waals surface area contributed by atoms with E-state index < -0.39 is 5.97 Å². The normalized spacial score (nSPS) is 15.4. The van der Waals surface area contributed by atoms with E-state index in [2.05, 4.69) is 10.8 Å². The van der Waals surface area contributed by atoms with Gasteiger partial charge in [0.1, 0.15) is 0 Å². The molecule has 0 aromatic heterocycles. The second kappa shape index (κ2) is 4.71. The van der Waals surface area contributed by atoms with Crippen LogP contribution in [0.2, 0.25) is 5.02 Å². The highest BCUT2D eigenvalue weighted by Gasteiger charge is 2.18. The van der Waals surface area contributed by atoms with Crippen LogP contribution in [-0.2, 0) is 4.74 Å². The molecule has 1 aromatic rings. The maximum Gasteiger partial charge on any atom is 0.339 e. The van der Waals surface area contributed by atoms with Crippen LogP contribution in [0.25, 0.3) is 6.08 Å². The number of carbonyl (C=O) groups excluding carboxylic acids is 1. The number of carbonyl (C=O) groups is 1. The second-order valence-corrected chi connectivity index (χ2v) is 4.27. The zero-order valence-corrected chi connectivity index (χ0v) is 9.83. The molecular formula is C13H13ClO2. The van der Waals surface area contributed by atoms with Crippen molar-refractivity contribution in [3.05, 3.63) is 40.4 Å². The summed E-state index contributed by atoms with van der Waals surface area (Å²) in [4.78, 5) is 11.4. The monoisotopic (exact) mass is 236 g/mol.